The van der Waals surface area contributed by atoms with Crippen molar-refractivity contribution >= 4 is 34.1 Å². The maximum atomic E-state index is 14.0. The first-order valence-electron chi connectivity index (χ1n) is 12.1. The number of nitrogens with one attached hydrogen (secondary N) is 2. The topological polar surface area (TPSA) is 106 Å². The second-order valence-corrected chi connectivity index (χ2v) is 9.44. The summed E-state index contributed by atoms with van der Waals surface area (Å²) in [6.07, 6.45) is -2.18. The number of halogens is 5. The van der Waals surface area contributed by atoms with Crippen LogP contribution >= 0.6 is 11.6 Å². The molecule has 3 heterocycles. The molecule has 1 saturated heterocycles. The maximum absolute atomic E-state index is 14.0. The van der Waals surface area contributed by atoms with Crippen molar-refractivity contribution in [3.8, 4) is 17.2 Å². The van der Waals surface area contributed by atoms with Crippen LogP contribution in [-0.4, -0.2) is 52.6 Å². The molecule has 4 aromatic rings. The molecule has 2 aromatic heterocycles. The molecule has 0 spiro atoms. The highest BCUT2D eigenvalue weighted by molar-refractivity contribution is 6.36. The standard InChI is InChI=1S/C27H22ClF4N3O5/c28-19-9-15(39-21-4-2-1-3-20(21)29)7-8-17(19)25(37)18-10-33-26-23(18)24(22(11-34-26)40-27(30,31)32)35-14-5-6-16(12-36)38-13-14/h1-4,7-11,14,16,36H,5-6,12-13H2,(H2,33,34,35)/t14-,16+/m1/s1. The van der Waals surface area contributed by atoms with E-state index in [0.717, 1.165) is 6.20 Å². The van der Waals surface area contributed by atoms with Gasteiger partial charge in [0.25, 0.3) is 0 Å². The highest BCUT2D eigenvalue weighted by atomic mass is 35.5. The number of H-pyrrole nitrogens is 1. The van der Waals surface area contributed by atoms with Crippen LogP contribution in [0.4, 0.5) is 23.2 Å². The lowest BCUT2D eigenvalue weighted by molar-refractivity contribution is -0.274. The SMILES string of the molecule is O=C(c1ccc(Oc2ccccc2F)cc1Cl)c1c[nH]c2ncc(OC(F)(F)F)c(N[C@@H]3CC[C@@H](CO)OC3)c12. The first kappa shape index (κ1) is 27.7. The van der Waals surface area contributed by atoms with Crippen molar-refractivity contribution in [2.75, 3.05) is 18.5 Å². The van der Waals surface area contributed by atoms with E-state index in [1.807, 2.05) is 0 Å². The summed E-state index contributed by atoms with van der Waals surface area (Å²) in [5, 5.41) is 12.4. The molecule has 2 atom stereocenters. The van der Waals surface area contributed by atoms with Crippen molar-refractivity contribution in [2.24, 2.45) is 0 Å². The molecule has 13 heteroatoms. The molecule has 1 aliphatic rings. The molecule has 0 unspecified atom stereocenters. The second-order valence-electron chi connectivity index (χ2n) is 9.03. The fraction of sp³-hybridized carbons (Fsp3) is 0.259. The summed E-state index contributed by atoms with van der Waals surface area (Å²) in [5.41, 5.74) is 0.0650. The first-order chi connectivity index (χ1) is 19.1. The number of carbonyl (C=O) groups excluding carboxylic acids is 1. The highest BCUT2D eigenvalue weighted by Gasteiger charge is 2.34. The third kappa shape index (κ3) is 5.98. The Labute approximate surface area is 229 Å². The zero-order valence-electron chi connectivity index (χ0n) is 20.6. The van der Waals surface area contributed by atoms with Crippen LogP contribution in [-0.2, 0) is 4.74 Å². The van der Waals surface area contributed by atoms with Crippen molar-refractivity contribution < 1.29 is 41.7 Å². The normalized spacial score (nSPS) is 17.6. The van der Waals surface area contributed by atoms with Gasteiger partial charge in [-0.3, -0.25) is 4.79 Å². The van der Waals surface area contributed by atoms with Crippen LogP contribution in [0.3, 0.4) is 0 Å². The molecule has 40 heavy (non-hydrogen) atoms. The predicted molar refractivity (Wildman–Crippen MR) is 138 cm³/mol. The largest absolute Gasteiger partial charge is 0.573 e. The Morgan fingerprint density at radius 2 is 1.98 bits per heavy atom. The number of aliphatic hydroxyl groups is 1. The number of hydrogen-bond acceptors (Lipinski definition) is 7. The molecule has 1 fully saturated rings. The summed E-state index contributed by atoms with van der Waals surface area (Å²) >= 11 is 6.39. The Morgan fingerprint density at radius 1 is 1.18 bits per heavy atom. The van der Waals surface area contributed by atoms with Crippen LogP contribution in [0.1, 0.15) is 28.8 Å². The van der Waals surface area contributed by atoms with Crippen LogP contribution in [0.25, 0.3) is 11.0 Å². The van der Waals surface area contributed by atoms with Crippen molar-refractivity contribution in [2.45, 2.75) is 31.3 Å². The highest BCUT2D eigenvalue weighted by Crippen LogP contribution is 2.39. The fourth-order valence-corrected chi connectivity index (χ4v) is 4.67. The van der Waals surface area contributed by atoms with E-state index >= 15 is 0 Å². The number of fused-ring (bicyclic) bond motifs is 1. The van der Waals surface area contributed by atoms with Gasteiger partial charge in [0, 0.05) is 23.9 Å². The van der Waals surface area contributed by atoms with Crippen molar-refractivity contribution in [3.05, 3.63) is 76.8 Å². The Kier molecular flexibility index (Phi) is 7.83. The Morgan fingerprint density at radius 3 is 2.65 bits per heavy atom. The van der Waals surface area contributed by atoms with Crippen molar-refractivity contribution in [1.82, 2.24) is 9.97 Å². The van der Waals surface area contributed by atoms with Gasteiger partial charge in [-0.15, -0.1) is 13.2 Å². The van der Waals surface area contributed by atoms with Crippen LogP contribution in [0.2, 0.25) is 5.02 Å². The van der Waals surface area contributed by atoms with Crippen LogP contribution in [0, 0.1) is 5.82 Å². The Hall–Kier alpha value is -3.87. The maximum Gasteiger partial charge on any atom is 0.573 e. The first-order valence-corrected chi connectivity index (χ1v) is 12.5. The number of anilines is 1. The number of para-hydroxylation sites is 1. The van der Waals surface area contributed by atoms with Crippen LogP contribution in [0.15, 0.2) is 54.9 Å². The second kappa shape index (κ2) is 11.3. The summed E-state index contributed by atoms with van der Waals surface area (Å²) in [7, 11) is 0. The third-order valence-corrected chi connectivity index (χ3v) is 6.62. The van der Waals surface area contributed by atoms with Gasteiger partial charge in [0.05, 0.1) is 47.2 Å². The van der Waals surface area contributed by atoms with E-state index < -0.39 is 29.8 Å². The summed E-state index contributed by atoms with van der Waals surface area (Å²) in [4.78, 5) is 20.4. The summed E-state index contributed by atoms with van der Waals surface area (Å²) in [6.45, 7) is -0.0561. The number of rotatable bonds is 8. The number of aliphatic hydroxyl groups excluding tert-OH is 1. The summed E-state index contributed by atoms with van der Waals surface area (Å²) in [5.74, 6) is -1.68. The van der Waals surface area contributed by atoms with E-state index in [1.165, 1.54) is 42.6 Å². The molecule has 8 nitrogen and oxygen atoms in total. The average Bonchev–Trinajstić information content (AvgIpc) is 3.35. The zero-order chi connectivity index (χ0) is 28.4. The van der Waals surface area contributed by atoms with Gasteiger partial charge >= 0.3 is 6.36 Å². The van der Waals surface area contributed by atoms with Gasteiger partial charge in [-0.1, -0.05) is 23.7 Å². The molecule has 0 radical (unpaired) electrons. The smallest absolute Gasteiger partial charge is 0.454 e. The van der Waals surface area contributed by atoms with Gasteiger partial charge in [-0.2, -0.15) is 0 Å². The minimum Gasteiger partial charge on any atom is -0.454 e. The predicted octanol–water partition coefficient (Wildman–Crippen LogP) is 6.23. The van der Waals surface area contributed by atoms with E-state index in [9.17, 15) is 27.5 Å². The van der Waals surface area contributed by atoms with Crippen LogP contribution < -0.4 is 14.8 Å². The van der Waals surface area contributed by atoms with Gasteiger partial charge in [-0.25, -0.2) is 9.37 Å². The van der Waals surface area contributed by atoms with E-state index in [4.69, 9.17) is 21.1 Å². The van der Waals surface area contributed by atoms with Crippen LogP contribution in [0.5, 0.6) is 17.2 Å². The molecule has 0 amide bonds. The number of carbonyl (C=O) groups is 1. The Bertz CT molecular complexity index is 1540. The number of hydrogen-bond donors (Lipinski definition) is 3. The van der Waals surface area contributed by atoms with Gasteiger partial charge < -0.3 is 29.6 Å². The van der Waals surface area contributed by atoms with Gasteiger partial charge in [0.1, 0.15) is 11.4 Å². The minimum atomic E-state index is -5.02. The van der Waals surface area contributed by atoms with Crippen molar-refractivity contribution in [1.29, 1.82) is 0 Å². The monoisotopic (exact) mass is 579 g/mol. The molecule has 5 rings (SSSR count). The number of pyridine rings is 1. The van der Waals surface area contributed by atoms with Crippen molar-refractivity contribution in [3.63, 3.8) is 0 Å². The number of benzene rings is 2. The molecule has 0 bridgehead atoms. The van der Waals surface area contributed by atoms with E-state index in [1.54, 1.807) is 6.07 Å². The quantitative estimate of drug-likeness (QED) is 0.168. The molecule has 3 N–H and O–H groups in total. The van der Waals surface area contributed by atoms with Gasteiger partial charge in [0.2, 0.25) is 0 Å². The average molecular weight is 580 g/mol. The minimum absolute atomic E-state index is 0.00717. The van der Waals surface area contributed by atoms with E-state index in [2.05, 4.69) is 20.0 Å². The van der Waals surface area contributed by atoms with E-state index in [-0.39, 0.29) is 63.7 Å². The zero-order valence-corrected chi connectivity index (χ0v) is 21.4. The number of ether oxygens (including phenoxy) is 3. The van der Waals surface area contributed by atoms with Gasteiger partial charge in [0.15, 0.2) is 23.1 Å². The molecule has 210 valence electrons. The molecule has 2 aromatic carbocycles. The lowest BCUT2D eigenvalue weighted by Gasteiger charge is -2.30. The van der Waals surface area contributed by atoms with Gasteiger partial charge in [-0.05, 0) is 37.1 Å². The molecular weight excluding hydrogens is 558 g/mol. The van der Waals surface area contributed by atoms with E-state index in [0.29, 0.717) is 12.8 Å². The fourth-order valence-electron chi connectivity index (χ4n) is 4.41. The number of ketones is 1. The number of aromatic nitrogens is 2. The number of alkyl halides is 3. The number of nitrogens with zero attached hydrogens (tertiary/aromatic N) is 1. The lowest BCUT2D eigenvalue weighted by atomic mass is 10.0. The lowest BCUT2D eigenvalue weighted by Crippen LogP contribution is -2.36. The molecular formula is C27H22ClF4N3O5. The summed E-state index contributed by atoms with van der Waals surface area (Å²) < 4.78 is 69.1. The number of aromatic amines is 1. The molecule has 0 aliphatic carbocycles. The molecule has 1 aliphatic heterocycles. The third-order valence-electron chi connectivity index (χ3n) is 6.31. The Balaban J connectivity index is 1.50. The molecule has 0 saturated carbocycles. The summed E-state index contributed by atoms with van der Waals surface area (Å²) in [6, 6.07) is 9.46.